The van der Waals surface area contributed by atoms with Crippen LogP contribution in [0.1, 0.15) is 21.6 Å². The molecule has 138 valence electrons. The molecule has 0 unspecified atom stereocenters. The molecule has 27 heavy (non-hydrogen) atoms. The highest BCUT2D eigenvalue weighted by atomic mass is 79.9. The molecule has 1 heterocycles. The van der Waals surface area contributed by atoms with Gasteiger partial charge in [-0.2, -0.15) is 0 Å². The molecule has 0 atom stereocenters. The molecular formula is C20H18BrN3O2S. The van der Waals surface area contributed by atoms with Crippen molar-refractivity contribution >= 4 is 39.3 Å². The van der Waals surface area contributed by atoms with E-state index in [-0.39, 0.29) is 11.6 Å². The highest BCUT2D eigenvalue weighted by Crippen LogP contribution is 2.26. The summed E-state index contributed by atoms with van der Waals surface area (Å²) in [6, 6.07) is 15.5. The number of nitrogens with one attached hydrogen (secondary N) is 1. The van der Waals surface area contributed by atoms with Crippen molar-refractivity contribution in [1.29, 1.82) is 0 Å². The van der Waals surface area contributed by atoms with Gasteiger partial charge in [0, 0.05) is 11.9 Å². The van der Waals surface area contributed by atoms with Gasteiger partial charge in [-0.15, -0.1) is 0 Å². The Morgan fingerprint density at radius 1 is 1.22 bits per heavy atom. The summed E-state index contributed by atoms with van der Waals surface area (Å²) in [7, 11) is 1.56. The van der Waals surface area contributed by atoms with E-state index in [1.54, 1.807) is 25.4 Å². The first-order chi connectivity index (χ1) is 13.1. The Kier molecular flexibility index (Phi) is 6.47. The van der Waals surface area contributed by atoms with Gasteiger partial charge in [0.25, 0.3) is 5.91 Å². The Balaban J connectivity index is 1.75. The normalized spacial score (nSPS) is 10.5. The van der Waals surface area contributed by atoms with Gasteiger partial charge in [0.1, 0.15) is 11.4 Å². The molecule has 5 nitrogen and oxygen atoms in total. The zero-order valence-corrected chi connectivity index (χ0v) is 17.3. The molecule has 2 aromatic carbocycles. The summed E-state index contributed by atoms with van der Waals surface area (Å²) < 4.78 is 5.81. The second-order valence-electron chi connectivity index (χ2n) is 5.78. The summed E-state index contributed by atoms with van der Waals surface area (Å²) in [6.45, 7) is 2.06. The van der Waals surface area contributed by atoms with E-state index in [0.29, 0.717) is 21.1 Å². The fourth-order valence-electron chi connectivity index (χ4n) is 2.46. The van der Waals surface area contributed by atoms with Crippen LogP contribution in [0.2, 0.25) is 0 Å². The predicted molar refractivity (Wildman–Crippen MR) is 111 cm³/mol. The highest BCUT2D eigenvalue weighted by molar-refractivity contribution is 9.10. The second-order valence-corrected chi connectivity index (χ2v) is 7.58. The lowest BCUT2D eigenvalue weighted by molar-refractivity contribution is 0.102. The minimum Gasteiger partial charge on any atom is -0.495 e. The number of hydrogen-bond donors (Lipinski definition) is 1. The van der Waals surface area contributed by atoms with Crippen molar-refractivity contribution in [2.45, 2.75) is 17.8 Å². The number of anilines is 1. The molecule has 1 aromatic heterocycles. The summed E-state index contributed by atoms with van der Waals surface area (Å²) in [6.07, 6.45) is 1.60. The summed E-state index contributed by atoms with van der Waals surface area (Å²) in [5.41, 5.74) is 3.26. The largest absolute Gasteiger partial charge is 0.495 e. The number of aryl methyl sites for hydroxylation is 1. The number of carbonyl (C=O) groups excluding carboxylic acids is 1. The number of amides is 1. The van der Waals surface area contributed by atoms with Crippen molar-refractivity contribution in [3.63, 3.8) is 0 Å². The van der Waals surface area contributed by atoms with Gasteiger partial charge >= 0.3 is 0 Å². The van der Waals surface area contributed by atoms with Crippen molar-refractivity contribution < 1.29 is 9.53 Å². The SMILES string of the molecule is COc1ccccc1NC(=O)c1nc(SCc2cccc(C)c2)ncc1Br. The van der Waals surface area contributed by atoms with E-state index in [1.165, 1.54) is 22.9 Å². The van der Waals surface area contributed by atoms with Crippen molar-refractivity contribution in [2.24, 2.45) is 0 Å². The van der Waals surface area contributed by atoms with E-state index in [0.717, 1.165) is 5.75 Å². The number of para-hydroxylation sites is 2. The summed E-state index contributed by atoms with van der Waals surface area (Å²) >= 11 is 4.85. The van der Waals surface area contributed by atoms with Crippen LogP contribution in [0.3, 0.4) is 0 Å². The zero-order chi connectivity index (χ0) is 19.2. The minimum absolute atomic E-state index is 0.280. The topological polar surface area (TPSA) is 64.1 Å². The maximum absolute atomic E-state index is 12.7. The van der Waals surface area contributed by atoms with E-state index in [9.17, 15) is 4.79 Å². The van der Waals surface area contributed by atoms with Crippen LogP contribution in [-0.2, 0) is 5.75 Å². The number of rotatable bonds is 6. The van der Waals surface area contributed by atoms with Crippen LogP contribution in [0.15, 0.2) is 64.4 Å². The number of hydrogen-bond acceptors (Lipinski definition) is 5. The second kappa shape index (κ2) is 9.01. The summed E-state index contributed by atoms with van der Waals surface area (Å²) in [4.78, 5) is 21.4. The van der Waals surface area contributed by atoms with Crippen LogP contribution in [-0.4, -0.2) is 23.0 Å². The third-order valence-electron chi connectivity index (χ3n) is 3.74. The zero-order valence-electron chi connectivity index (χ0n) is 14.9. The van der Waals surface area contributed by atoms with Gasteiger partial charge in [-0.05, 0) is 40.5 Å². The Morgan fingerprint density at radius 3 is 2.81 bits per heavy atom. The Hall–Kier alpha value is -2.38. The number of ether oxygens (including phenoxy) is 1. The monoisotopic (exact) mass is 443 g/mol. The van der Waals surface area contributed by atoms with Gasteiger partial charge in [0.05, 0.1) is 17.3 Å². The molecule has 0 aliphatic rings. The lowest BCUT2D eigenvalue weighted by atomic mass is 10.2. The number of thioether (sulfide) groups is 1. The molecule has 7 heteroatoms. The summed E-state index contributed by atoms with van der Waals surface area (Å²) in [5.74, 6) is 0.993. The average molecular weight is 444 g/mol. The smallest absolute Gasteiger partial charge is 0.275 e. The molecule has 0 aliphatic heterocycles. The van der Waals surface area contributed by atoms with Crippen LogP contribution >= 0.6 is 27.7 Å². The Labute approximate surface area is 170 Å². The van der Waals surface area contributed by atoms with Gasteiger partial charge in [0.2, 0.25) is 0 Å². The molecular weight excluding hydrogens is 426 g/mol. The standard InChI is InChI=1S/C20H18BrN3O2S/c1-13-6-5-7-14(10-13)12-27-20-22-11-15(21)18(24-20)19(25)23-16-8-3-4-9-17(16)26-2/h3-11H,12H2,1-2H3,(H,23,25). The van der Waals surface area contributed by atoms with Crippen molar-refractivity contribution in [3.8, 4) is 5.75 Å². The maximum atomic E-state index is 12.7. The van der Waals surface area contributed by atoms with Gasteiger partial charge in [-0.25, -0.2) is 9.97 Å². The van der Waals surface area contributed by atoms with Crippen LogP contribution in [0.25, 0.3) is 0 Å². The van der Waals surface area contributed by atoms with Gasteiger partial charge in [-0.3, -0.25) is 4.79 Å². The quantitative estimate of drug-likeness (QED) is 0.423. The number of aromatic nitrogens is 2. The maximum Gasteiger partial charge on any atom is 0.275 e. The Bertz CT molecular complexity index is 965. The van der Waals surface area contributed by atoms with Crippen LogP contribution in [0.4, 0.5) is 5.69 Å². The molecule has 0 bridgehead atoms. The molecule has 0 saturated heterocycles. The number of benzene rings is 2. The number of nitrogens with zero attached hydrogens (tertiary/aromatic N) is 2. The van der Waals surface area contributed by atoms with Crippen LogP contribution in [0, 0.1) is 6.92 Å². The highest BCUT2D eigenvalue weighted by Gasteiger charge is 2.16. The number of methoxy groups -OCH3 is 1. The first-order valence-electron chi connectivity index (χ1n) is 8.22. The van der Waals surface area contributed by atoms with Crippen LogP contribution < -0.4 is 10.1 Å². The molecule has 0 spiro atoms. The van der Waals surface area contributed by atoms with Crippen molar-refractivity contribution in [1.82, 2.24) is 9.97 Å². The van der Waals surface area contributed by atoms with E-state index < -0.39 is 0 Å². The number of halogens is 1. The predicted octanol–water partition coefficient (Wildman–Crippen LogP) is 5.10. The van der Waals surface area contributed by atoms with Gasteiger partial charge in [-0.1, -0.05) is 53.7 Å². The lowest BCUT2D eigenvalue weighted by Crippen LogP contribution is -2.15. The lowest BCUT2D eigenvalue weighted by Gasteiger charge is -2.10. The van der Waals surface area contributed by atoms with E-state index in [2.05, 4.69) is 56.3 Å². The van der Waals surface area contributed by atoms with Crippen molar-refractivity contribution in [2.75, 3.05) is 12.4 Å². The molecule has 0 saturated carbocycles. The molecule has 3 aromatic rings. The van der Waals surface area contributed by atoms with Crippen LogP contribution in [0.5, 0.6) is 5.75 Å². The third kappa shape index (κ3) is 5.08. The molecule has 0 fully saturated rings. The molecule has 0 radical (unpaired) electrons. The molecule has 3 rings (SSSR count). The summed E-state index contributed by atoms with van der Waals surface area (Å²) in [5, 5.41) is 3.38. The van der Waals surface area contributed by atoms with E-state index in [4.69, 9.17) is 4.74 Å². The number of carbonyl (C=O) groups is 1. The van der Waals surface area contributed by atoms with Gasteiger partial charge < -0.3 is 10.1 Å². The molecule has 1 amide bonds. The van der Waals surface area contributed by atoms with Crippen molar-refractivity contribution in [3.05, 3.63) is 76.0 Å². The molecule has 1 N–H and O–H groups in total. The minimum atomic E-state index is -0.328. The first-order valence-corrected chi connectivity index (χ1v) is 10.00. The Morgan fingerprint density at radius 2 is 2.04 bits per heavy atom. The van der Waals surface area contributed by atoms with Gasteiger partial charge in [0.15, 0.2) is 5.16 Å². The van der Waals surface area contributed by atoms with E-state index >= 15 is 0 Å². The first kappa shape index (κ1) is 19.4. The fourth-order valence-corrected chi connectivity index (χ4v) is 3.59. The van der Waals surface area contributed by atoms with E-state index in [1.807, 2.05) is 18.2 Å². The average Bonchev–Trinajstić information content (AvgIpc) is 2.67. The molecule has 0 aliphatic carbocycles. The third-order valence-corrected chi connectivity index (χ3v) is 5.26. The fraction of sp³-hybridized carbons (Fsp3) is 0.150.